The lowest BCUT2D eigenvalue weighted by atomic mass is 9.81. The van der Waals surface area contributed by atoms with Crippen molar-refractivity contribution >= 4 is 72.9 Å². The zero-order valence-electron chi connectivity index (χ0n) is 37.8. The molecular weight excluding hydrogens is 909 g/mol. The molecule has 0 bridgehead atoms. The number of hydrogen-bond donors (Lipinski definition) is 2. The van der Waals surface area contributed by atoms with E-state index in [9.17, 15) is 54.7 Å². The highest BCUT2D eigenvalue weighted by Gasteiger charge is 2.45. The number of hydroxylamine groups is 4. The third-order valence-electron chi connectivity index (χ3n) is 12.2. The second kappa shape index (κ2) is 20.4. The second-order valence-corrected chi connectivity index (χ2v) is 20.5. The van der Waals surface area contributed by atoms with E-state index in [0.717, 1.165) is 22.8 Å². The molecule has 4 aliphatic heterocycles. The minimum absolute atomic E-state index is 0.00841. The summed E-state index contributed by atoms with van der Waals surface area (Å²) < 4.78 is 70.1. The fourth-order valence-corrected chi connectivity index (χ4v) is 9.65. The number of nitrogens with zero attached hydrogens (tertiary/aromatic N) is 4. The Hall–Kier alpha value is -6.09. The zero-order chi connectivity index (χ0) is 48.9. The van der Waals surface area contributed by atoms with E-state index >= 15 is 0 Å². The van der Waals surface area contributed by atoms with Crippen LogP contribution in [0.1, 0.15) is 116 Å². The van der Waals surface area contributed by atoms with Gasteiger partial charge in [0.15, 0.2) is 5.71 Å². The number of imide groups is 2. The molecule has 67 heavy (non-hydrogen) atoms. The molecule has 2 fully saturated rings. The minimum atomic E-state index is -4.47. The van der Waals surface area contributed by atoms with Crippen LogP contribution in [0.5, 0.6) is 0 Å². The zero-order valence-corrected chi connectivity index (χ0v) is 39.4. The van der Waals surface area contributed by atoms with Crippen LogP contribution in [0.2, 0.25) is 0 Å². The molecule has 358 valence electrons. The number of hydrogen-bond acceptors (Lipinski definition) is 13. The van der Waals surface area contributed by atoms with Gasteiger partial charge in [-0.2, -0.15) is 21.4 Å². The molecule has 0 radical (unpaired) electrons. The summed E-state index contributed by atoms with van der Waals surface area (Å²) in [5, 5.41) is 1.06. The molecule has 4 heterocycles. The van der Waals surface area contributed by atoms with E-state index < -0.39 is 66.6 Å². The van der Waals surface area contributed by atoms with Gasteiger partial charge in [0.2, 0.25) is 5.69 Å². The molecule has 0 aliphatic carbocycles. The number of unbranched alkanes of at least 4 members (excludes halogenated alkanes) is 4. The normalized spacial score (nSPS) is 18.8. The summed E-state index contributed by atoms with van der Waals surface area (Å²) >= 11 is 0. The van der Waals surface area contributed by atoms with Crippen molar-refractivity contribution in [3.8, 4) is 0 Å². The largest absolute Gasteiger partial charge is 0.344 e. The summed E-state index contributed by atoms with van der Waals surface area (Å²) in [6.45, 7) is 8.82. The first-order chi connectivity index (χ1) is 31.5. The lowest BCUT2D eigenvalue weighted by Gasteiger charge is -2.27. The Labute approximate surface area is 389 Å². The number of rotatable bonds is 20. The Kier molecular flexibility index (Phi) is 15.3. The molecule has 4 aliphatic rings. The van der Waals surface area contributed by atoms with Crippen molar-refractivity contribution < 1.29 is 69.0 Å². The van der Waals surface area contributed by atoms with Crippen LogP contribution in [0, 0.1) is 0 Å². The highest BCUT2D eigenvalue weighted by atomic mass is 32.2. The third kappa shape index (κ3) is 11.5. The van der Waals surface area contributed by atoms with Gasteiger partial charge >= 0.3 is 11.9 Å². The van der Waals surface area contributed by atoms with Crippen LogP contribution in [0.25, 0.3) is 0 Å². The van der Waals surface area contributed by atoms with Gasteiger partial charge in [0.25, 0.3) is 43.9 Å². The highest BCUT2D eigenvalue weighted by Crippen LogP contribution is 2.48. The molecule has 20 heteroatoms. The number of amides is 4. The van der Waals surface area contributed by atoms with Crippen molar-refractivity contribution in [2.45, 2.75) is 125 Å². The Morgan fingerprint density at radius 2 is 1.13 bits per heavy atom. The van der Waals surface area contributed by atoms with Crippen molar-refractivity contribution in [2.75, 3.05) is 18.0 Å². The van der Waals surface area contributed by atoms with E-state index in [1.807, 2.05) is 70.2 Å². The average Bonchev–Trinajstić information content (AvgIpc) is 3.89. The van der Waals surface area contributed by atoms with Crippen LogP contribution >= 0.6 is 0 Å². The minimum Gasteiger partial charge on any atom is -0.344 e. The maximum absolute atomic E-state index is 12.3. The fraction of sp³-hybridized carbons (Fsp3) is 0.426. The highest BCUT2D eigenvalue weighted by molar-refractivity contribution is 7.86. The Morgan fingerprint density at radius 3 is 1.69 bits per heavy atom. The Bertz CT molecular complexity index is 2720. The van der Waals surface area contributed by atoms with Crippen molar-refractivity contribution in [3.63, 3.8) is 0 Å². The third-order valence-corrected chi connectivity index (χ3v) is 13.9. The van der Waals surface area contributed by atoms with E-state index in [2.05, 4.69) is 9.48 Å². The summed E-state index contributed by atoms with van der Waals surface area (Å²) in [6.07, 6.45) is 16.4. The summed E-state index contributed by atoms with van der Waals surface area (Å²) in [7, 11) is -8.95. The predicted molar refractivity (Wildman–Crippen MR) is 243 cm³/mol. The van der Waals surface area contributed by atoms with Crippen LogP contribution < -0.4 is 4.90 Å². The van der Waals surface area contributed by atoms with Gasteiger partial charge in [0, 0.05) is 86.0 Å². The van der Waals surface area contributed by atoms with Crippen LogP contribution in [0.4, 0.5) is 11.4 Å². The quantitative estimate of drug-likeness (QED) is 0.0491. The molecule has 18 nitrogen and oxygen atoms in total. The lowest BCUT2D eigenvalue weighted by molar-refractivity contribution is -0.438. The molecule has 0 saturated carbocycles. The van der Waals surface area contributed by atoms with Gasteiger partial charge in [-0.05, 0) is 81.5 Å². The fourth-order valence-electron chi connectivity index (χ4n) is 8.64. The first-order valence-electron chi connectivity index (χ1n) is 22.0. The molecule has 0 unspecified atom stereocenters. The van der Waals surface area contributed by atoms with Gasteiger partial charge in [-0.15, -0.1) is 10.1 Å². The Balaban J connectivity index is 1.14. The van der Waals surface area contributed by atoms with E-state index in [0.29, 0.717) is 72.9 Å². The first-order valence-corrected chi connectivity index (χ1v) is 24.9. The maximum atomic E-state index is 12.3. The maximum Gasteiger partial charge on any atom is 0.333 e. The average molecular weight is 964 g/mol. The van der Waals surface area contributed by atoms with Gasteiger partial charge in [-0.3, -0.25) is 28.3 Å². The van der Waals surface area contributed by atoms with Crippen molar-refractivity contribution in [1.29, 1.82) is 0 Å². The van der Waals surface area contributed by atoms with Crippen LogP contribution in [0.3, 0.4) is 0 Å². The molecule has 2 aromatic carbocycles. The molecular formula is C47H55N4O14S2+. The van der Waals surface area contributed by atoms with Crippen LogP contribution in [-0.4, -0.2) is 95.0 Å². The van der Waals surface area contributed by atoms with E-state index in [4.69, 9.17) is 9.68 Å². The molecule has 0 atom stereocenters. The summed E-state index contributed by atoms with van der Waals surface area (Å²) in [6, 6.07) is 8.96. The van der Waals surface area contributed by atoms with Gasteiger partial charge in [0.1, 0.15) is 6.54 Å². The van der Waals surface area contributed by atoms with Crippen LogP contribution in [-0.2, 0) is 69.5 Å². The van der Waals surface area contributed by atoms with Crippen molar-refractivity contribution in [1.82, 2.24) is 10.1 Å². The predicted octanol–water partition coefficient (Wildman–Crippen LogP) is 6.24. The van der Waals surface area contributed by atoms with Gasteiger partial charge in [0.05, 0.1) is 15.2 Å². The van der Waals surface area contributed by atoms with E-state index in [1.54, 1.807) is 12.1 Å². The first kappa shape index (κ1) is 50.3. The van der Waals surface area contributed by atoms with E-state index in [-0.39, 0.29) is 48.3 Å². The number of fused-ring (bicyclic) bond motifs is 2. The molecule has 6 rings (SSSR count). The summed E-state index contributed by atoms with van der Waals surface area (Å²) in [5.41, 5.74) is 3.28. The van der Waals surface area contributed by atoms with Gasteiger partial charge in [-0.25, -0.2) is 9.59 Å². The Morgan fingerprint density at radius 1 is 0.642 bits per heavy atom. The number of allylic oxidation sites excluding steroid dienone is 8. The van der Waals surface area contributed by atoms with Crippen LogP contribution in [0.15, 0.2) is 94.4 Å². The standard InChI is InChI=1S/C47H54N4O14S2/c1-46(2)34-30-32(66(58,59)60)20-22-36(34)48(28-14-8-12-18-44(56)64-50-40(52)24-25-41(50)53)38(46)16-10-6-5-7-11-17-39-47(3,4)35-31-33(67(61,62)63)21-23-37(35)49(39)29-15-9-13-19-45(57)65-51-42(54)26-27-43(51)55/h5-7,10-11,16-17,20-23,30-31H,8-9,12-15,18-19,24-29H2,1-4H3,(H-,58,59,60,61,62,63)/p+1. The van der Waals surface area contributed by atoms with Gasteiger partial charge < -0.3 is 14.6 Å². The molecule has 2 N–H and O–H groups in total. The number of carbonyl (C=O) groups is 6. The number of carbonyl (C=O) groups excluding carboxylic acids is 6. The van der Waals surface area contributed by atoms with E-state index in [1.165, 1.54) is 24.3 Å². The number of anilines is 1. The molecule has 0 aromatic heterocycles. The molecule has 2 saturated heterocycles. The monoisotopic (exact) mass is 963 g/mol. The molecule has 2 aromatic rings. The SMILES string of the molecule is CC1(C)C(=C/C=C/C=C/C=C/C2=[N+](CCCCCC(=O)ON3C(=O)CCC3=O)c3ccc(S(=O)(=O)O)cc3C2(C)C)N(CCCCCC(=O)ON2C(=O)CCC2=O)c2ccc(S(=O)(=O)O)cc21. The summed E-state index contributed by atoms with van der Waals surface area (Å²) in [4.78, 5) is 83.5. The topological polar surface area (TPSA) is 242 Å². The van der Waals surface area contributed by atoms with Crippen molar-refractivity contribution in [2.24, 2.45) is 0 Å². The second-order valence-electron chi connectivity index (χ2n) is 17.6. The molecule has 0 spiro atoms. The number of benzene rings is 2. The van der Waals surface area contributed by atoms with Gasteiger partial charge in [-0.1, -0.05) is 50.6 Å². The smallest absolute Gasteiger partial charge is 0.333 e. The summed E-state index contributed by atoms with van der Waals surface area (Å²) in [5.74, 6) is -3.52. The van der Waals surface area contributed by atoms with Crippen molar-refractivity contribution in [3.05, 3.63) is 95.8 Å². The molecule has 4 amide bonds. The lowest BCUT2D eigenvalue weighted by Crippen LogP contribution is -2.32.